The van der Waals surface area contributed by atoms with Crippen molar-refractivity contribution in [2.75, 3.05) is 49.8 Å². The summed E-state index contributed by atoms with van der Waals surface area (Å²) in [4.78, 5) is 17.2. The second-order valence-electron chi connectivity index (χ2n) is 5.48. The van der Waals surface area contributed by atoms with Crippen LogP contribution in [-0.4, -0.2) is 54.6 Å². The standard InChI is InChI=1S/C16H24N6O3/c1-21(11-14(23)24-3)12-6-4-7-13(10-12)25-9-5-8-18-16-19-15(17)20-22(16)2/h4,6-7,10H,5,8-9,11H2,1-3H3,(H3,17,18,19,20). The first-order valence-electron chi connectivity index (χ1n) is 7.91. The van der Waals surface area contributed by atoms with Crippen molar-refractivity contribution in [3.8, 4) is 5.75 Å². The summed E-state index contributed by atoms with van der Waals surface area (Å²) >= 11 is 0. The summed E-state index contributed by atoms with van der Waals surface area (Å²) < 4.78 is 12.0. The van der Waals surface area contributed by atoms with E-state index in [2.05, 4.69) is 20.1 Å². The Kier molecular flexibility index (Phi) is 6.44. The molecule has 0 bridgehead atoms. The number of esters is 1. The van der Waals surface area contributed by atoms with Crippen LogP contribution in [0.15, 0.2) is 24.3 Å². The third-order valence-corrected chi connectivity index (χ3v) is 3.50. The Hall–Kier alpha value is -2.97. The van der Waals surface area contributed by atoms with Gasteiger partial charge in [0.25, 0.3) is 0 Å². The summed E-state index contributed by atoms with van der Waals surface area (Å²) in [5.74, 6) is 1.33. The minimum Gasteiger partial charge on any atom is -0.493 e. The Morgan fingerprint density at radius 2 is 2.24 bits per heavy atom. The fourth-order valence-corrected chi connectivity index (χ4v) is 2.18. The molecule has 136 valence electrons. The third kappa shape index (κ3) is 5.55. The van der Waals surface area contributed by atoms with E-state index in [9.17, 15) is 4.79 Å². The van der Waals surface area contributed by atoms with Gasteiger partial charge in [0.2, 0.25) is 11.9 Å². The van der Waals surface area contributed by atoms with Crippen molar-refractivity contribution in [2.45, 2.75) is 6.42 Å². The van der Waals surface area contributed by atoms with Gasteiger partial charge in [-0.3, -0.25) is 4.79 Å². The molecule has 9 nitrogen and oxygen atoms in total. The molecular formula is C16H24N6O3. The van der Waals surface area contributed by atoms with Crippen molar-refractivity contribution in [1.82, 2.24) is 14.8 Å². The summed E-state index contributed by atoms with van der Waals surface area (Å²) in [5, 5.41) is 7.11. The first-order valence-corrected chi connectivity index (χ1v) is 7.91. The highest BCUT2D eigenvalue weighted by Gasteiger charge is 2.08. The lowest BCUT2D eigenvalue weighted by molar-refractivity contribution is -0.138. The van der Waals surface area contributed by atoms with Gasteiger partial charge in [-0.1, -0.05) is 6.07 Å². The van der Waals surface area contributed by atoms with E-state index in [1.807, 2.05) is 31.3 Å². The van der Waals surface area contributed by atoms with Crippen LogP contribution in [0.1, 0.15) is 6.42 Å². The molecule has 0 saturated carbocycles. The lowest BCUT2D eigenvalue weighted by Crippen LogP contribution is -2.26. The summed E-state index contributed by atoms with van der Waals surface area (Å²) in [6.45, 7) is 1.42. The van der Waals surface area contributed by atoms with Gasteiger partial charge in [-0.05, 0) is 18.6 Å². The van der Waals surface area contributed by atoms with Gasteiger partial charge in [-0.25, -0.2) is 4.68 Å². The molecule has 0 saturated heterocycles. The number of nitrogen functional groups attached to an aromatic ring is 1. The number of carbonyl (C=O) groups excluding carboxylic acids is 1. The largest absolute Gasteiger partial charge is 0.493 e. The molecule has 1 aromatic heterocycles. The zero-order valence-electron chi connectivity index (χ0n) is 14.7. The van der Waals surface area contributed by atoms with Gasteiger partial charge < -0.3 is 25.4 Å². The van der Waals surface area contributed by atoms with Gasteiger partial charge in [0.15, 0.2) is 0 Å². The maximum Gasteiger partial charge on any atom is 0.325 e. The quantitative estimate of drug-likeness (QED) is 0.508. The molecule has 25 heavy (non-hydrogen) atoms. The zero-order valence-corrected chi connectivity index (χ0v) is 14.7. The Bertz CT molecular complexity index is 703. The lowest BCUT2D eigenvalue weighted by Gasteiger charge is -2.18. The summed E-state index contributed by atoms with van der Waals surface area (Å²) in [6, 6.07) is 7.57. The molecule has 2 aromatic rings. The van der Waals surface area contributed by atoms with Gasteiger partial charge in [0.1, 0.15) is 12.3 Å². The van der Waals surface area contributed by atoms with Gasteiger partial charge in [-0.15, -0.1) is 5.10 Å². The average molecular weight is 348 g/mol. The van der Waals surface area contributed by atoms with Gasteiger partial charge in [0, 0.05) is 32.4 Å². The minimum atomic E-state index is -0.288. The lowest BCUT2D eigenvalue weighted by atomic mass is 10.3. The van der Waals surface area contributed by atoms with Crippen LogP contribution in [-0.2, 0) is 16.6 Å². The van der Waals surface area contributed by atoms with Crippen LogP contribution in [0.25, 0.3) is 0 Å². The van der Waals surface area contributed by atoms with Crippen molar-refractivity contribution in [3.63, 3.8) is 0 Å². The monoisotopic (exact) mass is 348 g/mol. The zero-order chi connectivity index (χ0) is 18.2. The number of aromatic nitrogens is 3. The van der Waals surface area contributed by atoms with Crippen molar-refractivity contribution < 1.29 is 14.3 Å². The van der Waals surface area contributed by atoms with Gasteiger partial charge in [0.05, 0.1) is 13.7 Å². The number of hydrogen-bond donors (Lipinski definition) is 2. The van der Waals surface area contributed by atoms with E-state index in [4.69, 9.17) is 10.5 Å². The molecule has 0 radical (unpaired) electrons. The molecule has 2 rings (SSSR count). The predicted octanol–water partition coefficient (Wildman–Crippen LogP) is 0.887. The molecular weight excluding hydrogens is 324 g/mol. The number of likely N-dealkylation sites (N-methyl/N-ethyl adjacent to an activating group) is 1. The van der Waals surface area contributed by atoms with E-state index in [0.29, 0.717) is 19.1 Å². The molecule has 0 aliphatic carbocycles. The number of aryl methyl sites for hydroxylation is 1. The second-order valence-corrected chi connectivity index (χ2v) is 5.48. The summed E-state index contributed by atoms with van der Waals surface area (Å²) in [5.41, 5.74) is 6.41. The molecule has 0 aliphatic heterocycles. The highest BCUT2D eigenvalue weighted by Crippen LogP contribution is 2.20. The van der Waals surface area contributed by atoms with E-state index < -0.39 is 0 Å². The number of rotatable bonds is 9. The molecule has 0 atom stereocenters. The molecule has 0 amide bonds. The number of hydrogen-bond acceptors (Lipinski definition) is 8. The fourth-order valence-electron chi connectivity index (χ4n) is 2.18. The van der Waals surface area contributed by atoms with Crippen molar-refractivity contribution in [1.29, 1.82) is 0 Å². The van der Waals surface area contributed by atoms with Crippen LogP contribution in [0, 0.1) is 0 Å². The van der Waals surface area contributed by atoms with Crippen LogP contribution in [0.4, 0.5) is 17.6 Å². The average Bonchev–Trinajstić information content (AvgIpc) is 2.92. The number of carbonyl (C=O) groups is 1. The molecule has 0 unspecified atom stereocenters. The minimum absolute atomic E-state index is 0.185. The smallest absolute Gasteiger partial charge is 0.325 e. The van der Waals surface area contributed by atoms with E-state index in [-0.39, 0.29) is 18.5 Å². The molecule has 0 aliphatic rings. The third-order valence-electron chi connectivity index (χ3n) is 3.50. The predicted molar refractivity (Wildman–Crippen MR) is 95.7 cm³/mol. The first kappa shape index (κ1) is 18.4. The normalized spacial score (nSPS) is 10.4. The molecule has 0 spiro atoms. The van der Waals surface area contributed by atoms with Crippen LogP contribution < -0.4 is 20.7 Å². The Labute approximate surface area is 146 Å². The number of methoxy groups -OCH3 is 1. The van der Waals surface area contributed by atoms with E-state index in [0.717, 1.165) is 17.9 Å². The highest BCUT2D eigenvalue weighted by molar-refractivity contribution is 5.75. The van der Waals surface area contributed by atoms with E-state index >= 15 is 0 Å². The Balaban J connectivity index is 1.76. The summed E-state index contributed by atoms with van der Waals surface area (Å²) in [7, 11) is 4.98. The Morgan fingerprint density at radius 1 is 1.44 bits per heavy atom. The van der Waals surface area contributed by atoms with E-state index in [1.165, 1.54) is 7.11 Å². The number of benzene rings is 1. The second kappa shape index (κ2) is 8.76. The summed E-state index contributed by atoms with van der Waals surface area (Å²) in [6.07, 6.45) is 0.787. The number of ether oxygens (including phenoxy) is 2. The molecule has 1 heterocycles. The maximum absolute atomic E-state index is 11.3. The first-order chi connectivity index (χ1) is 12.0. The number of nitrogens with two attached hydrogens (primary N) is 1. The Morgan fingerprint density at radius 3 is 2.92 bits per heavy atom. The van der Waals surface area contributed by atoms with E-state index in [1.54, 1.807) is 16.6 Å². The maximum atomic E-state index is 11.3. The number of nitrogens with zero attached hydrogens (tertiary/aromatic N) is 4. The topological polar surface area (TPSA) is 108 Å². The van der Waals surface area contributed by atoms with Crippen molar-refractivity contribution in [3.05, 3.63) is 24.3 Å². The van der Waals surface area contributed by atoms with Crippen LogP contribution in [0.3, 0.4) is 0 Å². The van der Waals surface area contributed by atoms with Gasteiger partial charge in [-0.2, -0.15) is 4.98 Å². The van der Waals surface area contributed by atoms with Crippen LogP contribution >= 0.6 is 0 Å². The molecule has 1 aromatic carbocycles. The number of anilines is 3. The number of nitrogens with one attached hydrogen (secondary N) is 1. The van der Waals surface area contributed by atoms with Crippen molar-refractivity contribution in [2.24, 2.45) is 7.05 Å². The van der Waals surface area contributed by atoms with Crippen molar-refractivity contribution >= 4 is 23.6 Å². The molecule has 0 fully saturated rings. The SMILES string of the molecule is COC(=O)CN(C)c1cccc(OCCCNc2nc(N)nn2C)c1. The molecule has 3 N–H and O–H groups in total. The molecule has 9 heteroatoms. The fraction of sp³-hybridized carbons (Fsp3) is 0.438. The van der Waals surface area contributed by atoms with Crippen LogP contribution in [0.5, 0.6) is 5.75 Å². The highest BCUT2D eigenvalue weighted by atomic mass is 16.5. The van der Waals surface area contributed by atoms with Gasteiger partial charge >= 0.3 is 5.97 Å². The van der Waals surface area contributed by atoms with Crippen LogP contribution in [0.2, 0.25) is 0 Å².